The van der Waals surface area contributed by atoms with Gasteiger partial charge < -0.3 is 4.79 Å². The molecular formula is C20H20N2O5S. The second-order valence-electron chi connectivity index (χ2n) is 7.36. The van der Waals surface area contributed by atoms with Crippen molar-refractivity contribution in [2.45, 2.75) is 42.7 Å². The molecule has 0 aromatic heterocycles. The number of sulfonamides is 1. The number of carbonyl (C=O) groups is 1. The lowest BCUT2D eigenvalue weighted by atomic mass is 10.0. The van der Waals surface area contributed by atoms with E-state index in [0.29, 0.717) is 6.42 Å². The zero-order valence-corrected chi connectivity index (χ0v) is 15.9. The molecule has 0 unspecified atom stereocenters. The second-order valence-corrected chi connectivity index (χ2v) is 9.20. The molecule has 1 aliphatic heterocycles. The molecule has 0 bridgehead atoms. The van der Waals surface area contributed by atoms with Gasteiger partial charge in [-0.3, -0.25) is 10.1 Å². The lowest BCUT2D eigenvalue weighted by molar-refractivity contribution is -0.384. The van der Waals surface area contributed by atoms with Gasteiger partial charge in [-0.1, -0.05) is 18.6 Å². The van der Waals surface area contributed by atoms with Gasteiger partial charge in [0.05, 0.1) is 15.9 Å². The van der Waals surface area contributed by atoms with Crippen molar-refractivity contribution in [1.29, 1.82) is 0 Å². The Hall–Kier alpha value is -2.58. The van der Waals surface area contributed by atoms with Crippen molar-refractivity contribution >= 4 is 22.0 Å². The lowest BCUT2D eigenvalue weighted by Gasteiger charge is -2.26. The summed E-state index contributed by atoms with van der Waals surface area (Å²) < 4.78 is 27.8. The van der Waals surface area contributed by atoms with Gasteiger partial charge in [-0.2, -0.15) is 4.31 Å². The molecule has 1 saturated heterocycles. The van der Waals surface area contributed by atoms with Gasteiger partial charge in [-0.15, -0.1) is 0 Å². The molecule has 1 heterocycles. The van der Waals surface area contributed by atoms with Crippen LogP contribution in [0.4, 0.5) is 5.69 Å². The van der Waals surface area contributed by atoms with Gasteiger partial charge in [-0.05, 0) is 60.6 Å². The van der Waals surface area contributed by atoms with E-state index in [9.17, 15) is 23.3 Å². The molecule has 2 aliphatic rings. The topological polar surface area (TPSA) is 97.6 Å². The van der Waals surface area contributed by atoms with Crippen LogP contribution >= 0.6 is 0 Å². The smallest absolute Gasteiger partial charge is 0.269 e. The largest absolute Gasteiger partial charge is 0.302 e. The van der Waals surface area contributed by atoms with Crippen LogP contribution in [0.1, 0.15) is 25.7 Å². The summed E-state index contributed by atoms with van der Waals surface area (Å²) in [5, 5.41) is 10.8. The molecule has 28 heavy (non-hydrogen) atoms. The summed E-state index contributed by atoms with van der Waals surface area (Å²) in [4.78, 5) is 22.0. The van der Waals surface area contributed by atoms with E-state index in [4.69, 9.17) is 0 Å². The van der Waals surface area contributed by atoms with E-state index in [1.807, 2.05) is 0 Å². The van der Waals surface area contributed by atoms with E-state index in [2.05, 4.69) is 0 Å². The summed E-state index contributed by atoms with van der Waals surface area (Å²) in [5.41, 5.74) is 1.53. The fraction of sp³-hybridized carbons (Fsp3) is 0.350. The maximum Gasteiger partial charge on any atom is 0.269 e. The van der Waals surface area contributed by atoms with Crippen LogP contribution in [0, 0.1) is 16.0 Å². The van der Waals surface area contributed by atoms with Crippen LogP contribution in [0.2, 0.25) is 0 Å². The maximum absolute atomic E-state index is 13.2. The maximum atomic E-state index is 13.2. The number of nitro groups is 1. The summed E-state index contributed by atoms with van der Waals surface area (Å²) in [7, 11) is -3.76. The van der Waals surface area contributed by atoms with Crippen molar-refractivity contribution in [3.63, 3.8) is 0 Å². The highest BCUT2D eigenvalue weighted by Gasteiger charge is 2.49. The van der Waals surface area contributed by atoms with Crippen LogP contribution in [-0.2, 0) is 14.8 Å². The number of hydrogen-bond donors (Lipinski definition) is 0. The molecular weight excluding hydrogens is 380 g/mol. The number of aldehydes is 1. The van der Waals surface area contributed by atoms with Crippen molar-refractivity contribution < 1.29 is 18.1 Å². The molecule has 7 nitrogen and oxygen atoms in total. The number of carbonyl (C=O) groups excluding carboxylic acids is 1. The van der Waals surface area contributed by atoms with E-state index in [-0.39, 0.29) is 22.5 Å². The van der Waals surface area contributed by atoms with E-state index in [1.54, 1.807) is 24.3 Å². The Morgan fingerprint density at radius 1 is 1.00 bits per heavy atom. The molecule has 146 valence electrons. The Morgan fingerprint density at radius 2 is 1.61 bits per heavy atom. The van der Waals surface area contributed by atoms with Gasteiger partial charge in [-0.25, -0.2) is 8.42 Å². The minimum atomic E-state index is -3.76. The molecule has 2 aromatic rings. The molecule has 8 heteroatoms. The fourth-order valence-electron chi connectivity index (χ4n) is 4.48. The third-order valence-corrected chi connectivity index (χ3v) is 7.78. The average molecular weight is 400 g/mol. The highest BCUT2D eigenvalue weighted by atomic mass is 32.2. The highest BCUT2D eigenvalue weighted by Crippen LogP contribution is 2.43. The Balaban J connectivity index is 1.62. The van der Waals surface area contributed by atoms with E-state index in [0.717, 1.165) is 36.7 Å². The first-order valence-electron chi connectivity index (χ1n) is 9.25. The molecule has 2 aromatic carbocycles. The van der Waals surface area contributed by atoms with Gasteiger partial charge in [0.2, 0.25) is 10.0 Å². The number of non-ortho nitro benzene ring substituents is 1. The Labute approximate surface area is 163 Å². The number of nitro benzene ring substituents is 1. The summed E-state index contributed by atoms with van der Waals surface area (Å²) in [6, 6.07) is 11.9. The normalized spacial score (nSPS) is 24.8. The van der Waals surface area contributed by atoms with Gasteiger partial charge in [0.15, 0.2) is 0 Å². The summed E-state index contributed by atoms with van der Waals surface area (Å²) >= 11 is 0. The summed E-state index contributed by atoms with van der Waals surface area (Å²) in [6.45, 7) is 0. The quantitative estimate of drug-likeness (QED) is 0.435. The Morgan fingerprint density at radius 3 is 2.18 bits per heavy atom. The van der Waals surface area contributed by atoms with E-state index < -0.39 is 21.0 Å². The first-order chi connectivity index (χ1) is 13.4. The molecule has 4 rings (SSSR count). The lowest BCUT2D eigenvalue weighted by Crippen LogP contribution is -2.41. The first-order valence-corrected chi connectivity index (χ1v) is 10.7. The molecule has 0 amide bonds. The minimum Gasteiger partial charge on any atom is -0.302 e. The van der Waals surface area contributed by atoms with E-state index >= 15 is 0 Å². The third kappa shape index (κ3) is 3.12. The molecule has 1 saturated carbocycles. The molecule has 3 atom stereocenters. The van der Waals surface area contributed by atoms with Crippen LogP contribution in [0.5, 0.6) is 0 Å². The summed E-state index contributed by atoms with van der Waals surface area (Å²) in [6.07, 6.45) is 4.12. The standard InChI is InChI=1S/C20H20N2O5S/c23-13-18-12-16-2-1-3-20(16)21(18)28(26,27)19-10-6-15(7-11-19)14-4-8-17(9-5-14)22(24)25/h4-11,13,16,18,20H,1-3,12H2/t16-,18-,20-/m1/s1. The van der Waals surface area contributed by atoms with Crippen LogP contribution < -0.4 is 0 Å². The van der Waals surface area contributed by atoms with Crippen LogP contribution in [0.3, 0.4) is 0 Å². The van der Waals surface area contributed by atoms with Crippen molar-refractivity contribution in [3.05, 3.63) is 58.6 Å². The van der Waals surface area contributed by atoms with Gasteiger partial charge in [0.25, 0.3) is 5.69 Å². The zero-order valence-electron chi connectivity index (χ0n) is 15.1. The average Bonchev–Trinajstić information content (AvgIpc) is 3.28. The summed E-state index contributed by atoms with van der Waals surface area (Å²) in [5.74, 6) is 0.268. The molecule has 2 fully saturated rings. The molecule has 0 radical (unpaired) electrons. The van der Waals surface area contributed by atoms with Crippen LogP contribution in [-0.4, -0.2) is 36.0 Å². The molecule has 1 aliphatic carbocycles. The zero-order chi connectivity index (χ0) is 19.9. The number of nitrogens with zero attached hydrogens (tertiary/aromatic N) is 2. The van der Waals surface area contributed by atoms with Crippen molar-refractivity contribution in [1.82, 2.24) is 4.31 Å². The van der Waals surface area contributed by atoms with Crippen molar-refractivity contribution in [3.8, 4) is 11.1 Å². The predicted molar refractivity (Wildman–Crippen MR) is 103 cm³/mol. The SMILES string of the molecule is O=C[C@H]1C[C@H]2CCC[C@H]2N1S(=O)(=O)c1ccc(-c2ccc([N+](=O)[O-])cc2)cc1. The van der Waals surface area contributed by atoms with Crippen molar-refractivity contribution in [2.75, 3.05) is 0 Å². The van der Waals surface area contributed by atoms with Gasteiger partial charge in [0, 0.05) is 18.2 Å². The number of rotatable bonds is 5. The van der Waals surface area contributed by atoms with E-state index in [1.165, 1.54) is 28.6 Å². The molecule has 0 N–H and O–H groups in total. The van der Waals surface area contributed by atoms with Crippen LogP contribution in [0.25, 0.3) is 11.1 Å². The molecule has 0 spiro atoms. The predicted octanol–water partition coefficient (Wildman–Crippen LogP) is 3.39. The minimum absolute atomic E-state index is 0.00278. The van der Waals surface area contributed by atoms with Gasteiger partial charge in [0.1, 0.15) is 6.29 Å². The highest BCUT2D eigenvalue weighted by molar-refractivity contribution is 7.89. The Bertz CT molecular complexity index is 1000. The monoisotopic (exact) mass is 400 g/mol. The number of hydrogen-bond acceptors (Lipinski definition) is 5. The Kier molecular flexibility index (Phi) is 4.76. The van der Waals surface area contributed by atoms with Crippen molar-refractivity contribution in [2.24, 2.45) is 5.92 Å². The fourth-order valence-corrected chi connectivity index (χ4v) is 6.33. The van der Waals surface area contributed by atoms with Crippen LogP contribution in [0.15, 0.2) is 53.4 Å². The first kappa shape index (κ1) is 18.8. The third-order valence-electron chi connectivity index (χ3n) is 5.82. The van der Waals surface area contributed by atoms with Gasteiger partial charge >= 0.3 is 0 Å². The number of fused-ring (bicyclic) bond motifs is 1. The number of benzene rings is 2. The second kappa shape index (κ2) is 7.10.